The molecule has 0 saturated heterocycles. The molecule has 0 fully saturated rings. The molecule has 0 radical (unpaired) electrons. The third kappa shape index (κ3) is 4.17. The molecular weight excluding hydrogens is 222 g/mol. The monoisotopic (exact) mass is 243 g/mol. The average Bonchev–Trinajstić information content (AvgIpc) is 2.65. The molecule has 2 N–H and O–H groups in total. The molecule has 0 amide bonds. The lowest BCUT2D eigenvalue weighted by molar-refractivity contribution is 0.776. The van der Waals surface area contributed by atoms with Crippen LogP contribution in [0, 0.1) is 6.92 Å². The highest BCUT2D eigenvalue weighted by molar-refractivity contribution is 7.99. The second-order valence-electron chi connectivity index (χ2n) is 3.77. The lowest BCUT2D eigenvalue weighted by atomic mass is 10.2. The van der Waals surface area contributed by atoms with E-state index >= 15 is 0 Å². The van der Waals surface area contributed by atoms with Gasteiger partial charge in [-0.2, -0.15) is 11.8 Å². The molecule has 0 aliphatic rings. The highest BCUT2D eigenvalue weighted by Gasteiger charge is 2.13. The molecule has 1 atom stereocenters. The number of aryl methyl sites for hydroxylation is 1. The first-order valence-corrected chi connectivity index (χ1v) is 7.58. The van der Waals surface area contributed by atoms with Gasteiger partial charge in [-0.05, 0) is 36.1 Å². The normalized spacial score (nSPS) is 13.0. The van der Waals surface area contributed by atoms with Crippen LogP contribution in [0.25, 0.3) is 0 Å². The Bertz CT molecular complexity index is 270. The molecule has 15 heavy (non-hydrogen) atoms. The van der Waals surface area contributed by atoms with E-state index in [0.29, 0.717) is 5.25 Å². The maximum absolute atomic E-state index is 5.83. The van der Waals surface area contributed by atoms with Gasteiger partial charge in [-0.15, -0.1) is 11.3 Å². The minimum Gasteiger partial charge on any atom is -0.329 e. The molecule has 0 aliphatic heterocycles. The Kier molecular flexibility index (Phi) is 6.37. The average molecular weight is 243 g/mol. The predicted octanol–water partition coefficient (Wildman–Crippen LogP) is 3.98. The van der Waals surface area contributed by atoms with Crippen LogP contribution in [0.3, 0.4) is 0 Å². The Hall–Kier alpha value is 0.0100. The van der Waals surface area contributed by atoms with Crippen molar-refractivity contribution < 1.29 is 0 Å². The van der Waals surface area contributed by atoms with Crippen LogP contribution >= 0.6 is 23.1 Å². The highest BCUT2D eigenvalue weighted by Crippen LogP contribution is 2.34. The topological polar surface area (TPSA) is 26.0 Å². The van der Waals surface area contributed by atoms with Crippen LogP contribution in [-0.2, 0) is 0 Å². The molecule has 86 valence electrons. The number of thioether (sulfide) groups is 1. The number of hydrogen-bond acceptors (Lipinski definition) is 3. The zero-order valence-electron chi connectivity index (χ0n) is 9.66. The largest absolute Gasteiger partial charge is 0.329 e. The molecule has 1 aromatic heterocycles. The summed E-state index contributed by atoms with van der Waals surface area (Å²) in [6, 6.07) is 2.19. The van der Waals surface area contributed by atoms with Gasteiger partial charge < -0.3 is 5.73 Å². The Morgan fingerprint density at radius 3 is 2.80 bits per heavy atom. The molecule has 0 aromatic carbocycles. The quantitative estimate of drug-likeness (QED) is 0.733. The van der Waals surface area contributed by atoms with Crippen molar-refractivity contribution in [2.75, 3.05) is 12.3 Å². The number of nitrogens with two attached hydrogens (primary N) is 1. The Labute approximate surface area is 101 Å². The Morgan fingerprint density at radius 1 is 1.47 bits per heavy atom. The minimum absolute atomic E-state index is 0.516. The van der Waals surface area contributed by atoms with Gasteiger partial charge in [-0.25, -0.2) is 0 Å². The van der Waals surface area contributed by atoms with Crippen molar-refractivity contribution in [3.63, 3.8) is 0 Å². The molecule has 1 rings (SSSR count). The molecule has 1 heterocycles. The van der Waals surface area contributed by atoms with Gasteiger partial charge in [0.05, 0.1) is 5.25 Å². The van der Waals surface area contributed by atoms with Crippen molar-refractivity contribution in [1.82, 2.24) is 0 Å². The van der Waals surface area contributed by atoms with Gasteiger partial charge in [0.25, 0.3) is 0 Å². The maximum atomic E-state index is 5.83. The standard InChI is InChI=1S/C12H21NS2/c1-3-4-5-7-14-11(9-13)12-10(2)6-8-15-12/h6,8,11H,3-5,7,9,13H2,1-2H3. The molecule has 0 aliphatic carbocycles. The summed E-state index contributed by atoms with van der Waals surface area (Å²) in [6.07, 6.45) is 3.96. The van der Waals surface area contributed by atoms with E-state index in [0.717, 1.165) is 6.54 Å². The molecule has 0 spiro atoms. The van der Waals surface area contributed by atoms with E-state index in [-0.39, 0.29) is 0 Å². The van der Waals surface area contributed by atoms with Gasteiger partial charge >= 0.3 is 0 Å². The van der Waals surface area contributed by atoms with Crippen LogP contribution in [0.5, 0.6) is 0 Å². The highest BCUT2D eigenvalue weighted by atomic mass is 32.2. The summed E-state index contributed by atoms with van der Waals surface area (Å²) in [5, 5.41) is 2.68. The van der Waals surface area contributed by atoms with E-state index in [9.17, 15) is 0 Å². The second-order valence-corrected chi connectivity index (χ2v) is 6.03. The summed E-state index contributed by atoms with van der Waals surface area (Å²) in [5.41, 5.74) is 7.23. The first kappa shape index (κ1) is 13.1. The van der Waals surface area contributed by atoms with Gasteiger partial charge in [0, 0.05) is 11.4 Å². The smallest absolute Gasteiger partial charge is 0.0516 e. The van der Waals surface area contributed by atoms with E-state index in [1.165, 1.54) is 35.5 Å². The molecular formula is C12H21NS2. The van der Waals surface area contributed by atoms with Crippen LogP contribution in [-0.4, -0.2) is 12.3 Å². The van der Waals surface area contributed by atoms with Crippen molar-refractivity contribution in [2.45, 2.75) is 38.4 Å². The fourth-order valence-corrected chi connectivity index (χ4v) is 3.96. The van der Waals surface area contributed by atoms with Crippen LogP contribution < -0.4 is 5.73 Å². The van der Waals surface area contributed by atoms with Crippen molar-refractivity contribution in [2.24, 2.45) is 5.73 Å². The lowest BCUT2D eigenvalue weighted by Crippen LogP contribution is -2.09. The maximum Gasteiger partial charge on any atom is 0.0516 e. The van der Waals surface area contributed by atoms with Gasteiger partial charge in [-0.3, -0.25) is 0 Å². The van der Waals surface area contributed by atoms with Gasteiger partial charge in [0.1, 0.15) is 0 Å². The molecule has 1 aromatic rings. The van der Waals surface area contributed by atoms with E-state index in [1.54, 1.807) is 0 Å². The predicted molar refractivity (Wildman–Crippen MR) is 72.8 cm³/mol. The number of thiophene rings is 1. The van der Waals surface area contributed by atoms with Gasteiger partial charge in [0.2, 0.25) is 0 Å². The lowest BCUT2D eigenvalue weighted by Gasteiger charge is -2.13. The zero-order chi connectivity index (χ0) is 11.1. The van der Waals surface area contributed by atoms with Crippen molar-refractivity contribution in [3.05, 3.63) is 21.9 Å². The fraction of sp³-hybridized carbons (Fsp3) is 0.667. The first-order chi connectivity index (χ1) is 7.29. The molecule has 1 unspecified atom stereocenters. The number of hydrogen-bond donors (Lipinski definition) is 1. The summed E-state index contributed by atoms with van der Waals surface area (Å²) in [6.45, 7) is 5.19. The van der Waals surface area contributed by atoms with Crippen LogP contribution in [0.15, 0.2) is 11.4 Å². The summed E-state index contributed by atoms with van der Waals surface area (Å²) in [5.74, 6) is 1.24. The number of unbranched alkanes of at least 4 members (excludes halogenated alkanes) is 2. The Balaban J connectivity index is 2.39. The van der Waals surface area contributed by atoms with Crippen molar-refractivity contribution in [1.29, 1.82) is 0 Å². The zero-order valence-corrected chi connectivity index (χ0v) is 11.3. The van der Waals surface area contributed by atoms with Crippen molar-refractivity contribution in [3.8, 4) is 0 Å². The second kappa shape index (κ2) is 7.31. The summed E-state index contributed by atoms with van der Waals surface area (Å²) in [4.78, 5) is 1.47. The molecule has 1 nitrogen and oxygen atoms in total. The SMILES string of the molecule is CCCCCSC(CN)c1sccc1C. The van der Waals surface area contributed by atoms with E-state index in [1.807, 2.05) is 23.1 Å². The first-order valence-electron chi connectivity index (χ1n) is 5.65. The molecule has 0 bridgehead atoms. The fourth-order valence-electron chi connectivity index (χ4n) is 1.54. The third-order valence-corrected chi connectivity index (χ3v) is 5.11. The van der Waals surface area contributed by atoms with Gasteiger partial charge in [-0.1, -0.05) is 19.8 Å². The van der Waals surface area contributed by atoms with Gasteiger partial charge in [0.15, 0.2) is 0 Å². The minimum atomic E-state index is 0.516. The third-order valence-electron chi connectivity index (χ3n) is 2.48. The van der Waals surface area contributed by atoms with Crippen LogP contribution in [0.4, 0.5) is 0 Å². The summed E-state index contributed by atoms with van der Waals surface area (Å²) >= 11 is 3.86. The van der Waals surface area contributed by atoms with Crippen molar-refractivity contribution >= 4 is 23.1 Å². The van der Waals surface area contributed by atoms with E-state index in [2.05, 4.69) is 25.3 Å². The summed E-state index contributed by atoms with van der Waals surface area (Å²) in [7, 11) is 0. The molecule has 0 saturated carbocycles. The Morgan fingerprint density at radius 2 is 2.27 bits per heavy atom. The molecule has 3 heteroatoms. The van der Waals surface area contributed by atoms with E-state index < -0.39 is 0 Å². The van der Waals surface area contributed by atoms with Crippen LogP contribution in [0.1, 0.15) is 41.9 Å². The van der Waals surface area contributed by atoms with E-state index in [4.69, 9.17) is 5.73 Å². The van der Waals surface area contributed by atoms with Crippen LogP contribution in [0.2, 0.25) is 0 Å². The summed E-state index contributed by atoms with van der Waals surface area (Å²) < 4.78 is 0. The number of rotatable bonds is 7.